The first kappa shape index (κ1) is 22.5. The third kappa shape index (κ3) is 4.32. The Bertz CT molecular complexity index is 1160. The minimum absolute atomic E-state index is 0.0454. The molecule has 0 spiro atoms. The van der Waals surface area contributed by atoms with Gasteiger partial charge in [0.15, 0.2) is 5.69 Å². The molecule has 0 bridgehead atoms. The lowest BCUT2D eigenvalue weighted by Gasteiger charge is -2.36. The highest BCUT2D eigenvalue weighted by Crippen LogP contribution is 2.40. The van der Waals surface area contributed by atoms with Crippen LogP contribution in [0.3, 0.4) is 0 Å². The van der Waals surface area contributed by atoms with E-state index in [4.69, 9.17) is 27.6 Å². The van der Waals surface area contributed by atoms with Crippen molar-refractivity contribution in [2.24, 2.45) is 0 Å². The van der Waals surface area contributed by atoms with Crippen LogP contribution in [0.15, 0.2) is 22.6 Å². The number of aryl methyl sites for hydroxylation is 1. The quantitative estimate of drug-likeness (QED) is 0.459. The molecule has 10 heteroatoms. The van der Waals surface area contributed by atoms with Crippen molar-refractivity contribution in [3.05, 3.63) is 51.2 Å². The summed E-state index contributed by atoms with van der Waals surface area (Å²) in [6.07, 6.45) is 3.70. The summed E-state index contributed by atoms with van der Waals surface area (Å²) < 4.78 is 20.2. The number of piperidine rings is 1. The highest BCUT2D eigenvalue weighted by atomic mass is 35.5. The van der Waals surface area contributed by atoms with Crippen LogP contribution in [0.4, 0.5) is 10.1 Å². The molecule has 4 heterocycles. The smallest absolute Gasteiger partial charge is 0.268 e. The van der Waals surface area contributed by atoms with Gasteiger partial charge in [-0.2, -0.15) is 5.10 Å². The zero-order chi connectivity index (χ0) is 23.1. The molecule has 1 atom stereocenters. The van der Waals surface area contributed by atoms with Crippen LogP contribution in [-0.2, 0) is 6.42 Å². The molecule has 1 aromatic carbocycles. The molecule has 7 nitrogen and oxygen atoms in total. The molecule has 0 amide bonds. The van der Waals surface area contributed by atoms with E-state index < -0.39 is 5.82 Å². The average molecular weight is 491 g/mol. The molecule has 0 saturated carbocycles. The van der Waals surface area contributed by atoms with Gasteiger partial charge in [-0.05, 0) is 70.9 Å². The predicted octanol–water partition coefficient (Wildman–Crippen LogP) is 5.30. The van der Waals surface area contributed by atoms with Crippen molar-refractivity contribution in [2.45, 2.75) is 44.6 Å². The maximum Gasteiger partial charge on any atom is 0.268 e. The van der Waals surface area contributed by atoms with Crippen molar-refractivity contribution < 1.29 is 8.81 Å². The average Bonchev–Trinajstić information content (AvgIpc) is 3.32. The highest BCUT2D eigenvalue weighted by molar-refractivity contribution is 6.36. The molecule has 0 unspecified atom stereocenters. The number of hydrogen-bond acceptors (Lipinski definition) is 7. The first-order valence-corrected chi connectivity index (χ1v) is 12.0. The highest BCUT2D eigenvalue weighted by Gasteiger charge is 2.29. The van der Waals surface area contributed by atoms with E-state index in [0.29, 0.717) is 28.1 Å². The van der Waals surface area contributed by atoms with Gasteiger partial charge in [-0.1, -0.05) is 23.2 Å². The van der Waals surface area contributed by atoms with Gasteiger partial charge < -0.3 is 14.2 Å². The van der Waals surface area contributed by atoms with Gasteiger partial charge in [0.05, 0.1) is 22.4 Å². The van der Waals surface area contributed by atoms with E-state index in [0.717, 1.165) is 56.7 Å². The molecule has 174 valence electrons. The van der Waals surface area contributed by atoms with E-state index in [1.807, 2.05) is 13.0 Å². The molecule has 0 radical (unpaired) electrons. The Hall–Kier alpha value is -2.29. The van der Waals surface area contributed by atoms with Gasteiger partial charge in [-0.3, -0.25) is 0 Å². The molecule has 2 aliphatic heterocycles. The van der Waals surface area contributed by atoms with Gasteiger partial charge in [0, 0.05) is 23.0 Å². The Morgan fingerprint density at radius 2 is 1.88 bits per heavy atom. The van der Waals surface area contributed by atoms with Crippen molar-refractivity contribution in [3.8, 4) is 11.6 Å². The van der Waals surface area contributed by atoms with E-state index in [2.05, 4.69) is 37.2 Å². The van der Waals surface area contributed by atoms with Gasteiger partial charge in [-0.15, -0.1) is 15.3 Å². The Kier molecular flexibility index (Phi) is 6.24. The van der Waals surface area contributed by atoms with E-state index in [1.165, 1.54) is 6.07 Å². The molecule has 5 rings (SSSR count). The zero-order valence-corrected chi connectivity index (χ0v) is 20.1. The second-order valence-corrected chi connectivity index (χ2v) is 9.60. The molecule has 0 N–H and O–H groups in total. The second kappa shape index (κ2) is 9.16. The summed E-state index contributed by atoms with van der Waals surface area (Å²) in [6, 6.07) is 4.49. The van der Waals surface area contributed by atoms with Crippen molar-refractivity contribution in [1.29, 1.82) is 0 Å². The predicted molar refractivity (Wildman–Crippen MR) is 125 cm³/mol. The third-order valence-electron chi connectivity index (χ3n) is 6.66. The van der Waals surface area contributed by atoms with E-state index in [-0.39, 0.29) is 17.0 Å². The second-order valence-electron chi connectivity index (χ2n) is 8.81. The molecule has 1 fully saturated rings. The van der Waals surface area contributed by atoms with Gasteiger partial charge in [0.1, 0.15) is 5.82 Å². The first-order chi connectivity index (χ1) is 15.9. The fraction of sp³-hybridized carbons (Fsp3) is 0.478. The van der Waals surface area contributed by atoms with E-state index in [9.17, 15) is 4.39 Å². The molecule has 0 aliphatic carbocycles. The number of benzene rings is 1. The Morgan fingerprint density at radius 3 is 2.67 bits per heavy atom. The summed E-state index contributed by atoms with van der Waals surface area (Å²) >= 11 is 12.7. The molecule has 33 heavy (non-hydrogen) atoms. The van der Waals surface area contributed by atoms with E-state index in [1.54, 1.807) is 6.07 Å². The third-order valence-corrected chi connectivity index (χ3v) is 7.38. The van der Waals surface area contributed by atoms with Gasteiger partial charge >= 0.3 is 0 Å². The van der Waals surface area contributed by atoms with Gasteiger partial charge in [0.25, 0.3) is 5.89 Å². The first-order valence-electron chi connectivity index (χ1n) is 11.2. The van der Waals surface area contributed by atoms with Crippen LogP contribution in [-0.4, -0.2) is 52.0 Å². The molecular formula is C23H25Cl2FN6O. The lowest BCUT2D eigenvalue weighted by Crippen LogP contribution is -2.33. The van der Waals surface area contributed by atoms with Crippen LogP contribution < -0.4 is 4.90 Å². The fourth-order valence-corrected chi connectivity index (χ4v) is 5.40. The summed E-state index contributed by atoms with van der Waals surface area (Å²) in [5, 5.41) is 17.8. The minimum Gasteiger partial charge on any atom is -0.419 e. The zero-order valence-electron chi connectivity index (χ0n) is 18.6. The summed E-state index contributed by atoms with van der Waals surface area (Å²) in [7, 11) is 2.12. The number of anilines is 1. The number of hydrogen-bond donors (Lipinski definition) is 0. The van der Waals surface area contributed by atoms with Gasteiger partial charge in [0.2, 0.25) is 5.89 Å². The molecular weight excluding hydrogens is 466 g/mol. The van der Waals surface area contributed by atoms with Gasteiger partial charge in [-0.25, -0.2) is 4.39 Å². The van der Waals surface area contributed by atoms with Crippen molar-refractivity contribution in [1.82, 2.24) is 25.3 Å². The number of rotatable bonds is 4. The monoisotopic (exact) mass is 490 g/mol. The van der Waals surface area contributed by atoms with Crippen LogP contribution in [0.25, 0.3) is 11.6 Å². The summed E-state index contributed by atoms with van der Waals surface area (Å²) in [5.74, 6) is 0.795. The lowest BCUT2D eigenvalue weighted by atomic mass is 9.97. The number of aromatic nitrogens is 4. The standard InChI is InChI=1S/C23H25Cl2FN6O/c1-13(20-15(24)5-6-16(26)21(20)25)32-9-3-4-17-19(32)12-18(28-27-17)23-30-29-22(33-23)14-7-10-31(2)11-8-14/h5-6,12-14H,3-4,7-11H2,1-2H3/t13-/m1/s1. The summed E-state index contributed by atoms with van der Waals surface area (Å²) in [5.41, 5.74) is 2.85. The Morgan fingerprint density at radius 1 is 1.09 bits per heavy atom. The largest absolute Gasteiger partial charge is 0.419 e. The topological polar surface area (TPSA) is 71.2 Å². The van der Waals surface area contributed by atoms with Crippen LogP contribution in [0.2, 0.25) is 10.0 Å². The fourth-order valence-electron chi connectivity index (χ4n) is 4.72. The molecule has 2 aliphatic rings. The summed E-state index contributed by atoms with van der Waals surface area (Å²) in [6.45, 7) is 4.75. The Labute approximate surface area is 201 Å². The normalized spacial score (nSPS) is 18.4. The molecule has 2 aromatic heterocycles. The van der Waals surface area contributed by atoms with Crippen LogP contribution >= 0.6 is 23.2 Å². The molecule has 1 saturated heterocycles. The van der Waals surface area contributed by atoms with E-state index >= 15 is 0 Å². The summed E-state index contributed by atoms with van der Waals surface area (Å²) in [4.78, 5) is 4.44. The van der Waals surface area contributed by atoms with Crippen molar-refractivity contribution in [2.75, 3.05) is 31.6 Å². The van der Waals surface area contributed by atoms with Crippen LogP contribution in [0, 0.1) is 5.82 Å². The van der Waals surface area contributed by atoms with Crippen LogP contribution in [0.5, 0.6) is 0 Å². The number of fused-ring (bicyclic) bond motifs is 1. The van der Waals surface area contributed by atoms with Crippen molar-refractivity contribution in [3.63, 3.8) is 0 Å². The number of nitrogens with zero attached hydrogens (tertiary/aromatic N) is 6. The lowest BCUT2D eigenvalue weighted by molar-refractivity contribution is 0.237. The SMILES string of the molecule is C[C@H](c1c(Cl)ccc(F)c1Cl)N1CCCc2nnc(-c3nnc(C4CCN(C)CC4)o3)cc21. The van der Waals surface area contributed by atoms with Crippen LogP contribution in [0.1, 0.15) is 55.3 Å². The Balaban J connectivity index is 1.46. The maximum atomic E-state index is 14.2. The maximum absolute atomic E-state index is 14.2. The van der Waals surface area contributed by atoms with Crippen molar-refractivity contribution >= 4 is 28.9 Å². The minimum atomic E-state index is -0.485. The number of halogens is 3. The molecule has 3 aromatic rings. The number of likely N-dealkylation sites (tertiary alicyclic amines) is 1.